The van der Waals surface area contributed by atoms with Gasteiger partial charge in [0.15, 0.2) is 0 Å². The third-order valence-electron chi connectivity index (χ3n) is 4.58. The van der Waals surface area contributed by atoms with E-state index in [4.69, 9.17) is 0 Å². The second-order valence-corrected chi connectivity index (χ2v) is 6.64. The number of hydrogen-bond donors (Lipinski definition) is 0. The molecule has 0 atom stereocenters. The van der Waals surface area contributed by atoms with E-state index in [9.17, 15) is 0 Å². The first-order valence-corrected chi connectivity index (χ1v) is 7.82. The zero-order valence-corrected chi connectivity index (χ0v) is 13.1. The Hall–Kier alpha value is -1.64. The molecular formula is C19H25N2+. The quantitative estimate of drug-likeness (QED) is 0.781. The summed E-state index contributed by atoms with van der Waals surface area (Å²) < 4.78 is 1.13. The van der Waals surface area contributed by atoms with Crippen molar-refractivity contribution < 1.29 is 4.48 Å². The van der Waals surface area contributed by atoms with Crippen LogP contribution in [0.4, 0.5) is 0 Å². The smallest absolute Gasteiger partial charge is 0.0912 e. The van der Waals surface area contributed by atoms with Crippen molar-refractivity contribution in [1.29, 1.82) is 0 Å². The highest BCUT2D eigenvalue weighted by Crippen LogP contribution is 2.29. The van der Waals surface area contributed by atoms with E-state index < -0.39 is 0 Å². The Labute approximate surface area is 128 Å². The van der Waals surface area contributed by atoms with Crippen LogP contribution in [0.1, 0.15) is 17.2 Å². The molecule has 0 N–H and O–H groups in total. The molecule has 3 rings (SSSR count). The van der Waals surface area contributed by atoms with Crippen molar-refractivity contribution in [3.05, 3.63) is 71.8 Å². The van der Waals surface area contributed by atoms with Crippen LogP contribution < -0.4 is 0 Å². The van der Waals surface area contributed by atoms with Gasteiger partial charge in [0.05, 0.1) is 33.2 Å². The highest BCUT2D eigenvalue weighted by atomic mass is 15.4. The summed E-state index contributed by atoms with van der Waals surface area (Å²) in [5.74, 6) is 0. The molecule has 2 aromatic rings. The van der Waals surface area contributed by atoms with Gasteiger partial charge in [-0.25, -0.2) is 0 Å². The predicted molar refractivity (Wildman–Crippen MR) is 88.1 cm³/mol. The number of nitrogens with zero attached hydrogens (tertiary/aromatic N) is 2. The van der Waals surface area contributed by atoms with Crippen LogP contribution in [-0.2, 0) is 0 Å². The van der Waals surface area contributed by atoms with Gasteiger partial charge in [0.1, 0.15) is 0 Å². The summed E-state index contributed by atoms with van der Waals surface area (Å²) in [6.45, 7) is 4.75. The third-order valence-corrected chi connectivity index (χ3v) is 4.58. The molecule has 1 fully saturated rings. The zero-order valence-electron chi connectivity index (χ0n) is 13.1. The lowest BCUT2D eigenvalue weighted by Gasteiger charge is -2.42. The molecule has 0 saturated carbocycles. The minimum Gasteiger partial charge on any atom is -0.326 e. The minimum atomic E-state index is 0.382. The molecule has 110 valence electrons. The fraction of sp³-hybridized carbons (Fsp3) is 0.368. The maximum Gasteiger partial charge on any atom is 0.0912 e. The number of benzene rings is 2. The van der Waals surface area contributed by atoms with Crippen LogP contribution in [0.15, 0.2) is 60.7 Å². The van der Waals surface area contributed by atoms with Gasteiger partial charge in [0.2, 0.25) is 0 Å². The Balaban J connectivity index is 1.91. The Bertz CT molecular complexity index is 513. The van der Waals surface area contributed by atoms with Crippen molar-refractivity contribution in [2.75, 3.05) is 40.3 Å². The monoisotopic (exact) mass is 281 g/mol. The maximum atomic E-state index is 2.63. The van der Waals surface area contributed by atoms with Gasteiger partial charge >= 0.3 is 0 Å². The molecule has 2 heteroatoms. The van der Waals surface area contributed by atoms with Crippen LogP contribution in [0.25, 0.3) is 0 Å². The topological polar surface area (TPSA) is 3.24 Å². The predicted octanol–water partition coefficient (Wildman–Crippen LogP) is 3.17. The fourth-order valence-corrected chi connectivity index (χ4v) is 3.16. The van der Waals surface area contributed by atoms with E-state index in [0.29, 0.717) is 6.04 Å². The molecule has 0 unspecified atom stereocenters. The summed E-state index contributed by atoms with van der Waals surface area (Å²) in [6, 6.07) is 22.2. The number of piperazine rings is 1. The highest BCUT2D eigenvalue weighted by Gasteiger charge is 2.30. The van der Waals surface area contributed by atoms with Crippen molar-refractivity contribution in [2.45, 2.75) is 6.04 Å². The van der Waals surface area contributed by atoms with Gasteiger partial charge in [-0.15, -0.1) is 0 Å². The lowest BCUT2D eigenvalue weighted by molar-refractivity contribution is -0.894. The number of hydrogen-bond acceptors (Lipinski definition) is 1. The lowest BCUT2D eigenvalue weighted by Crippen LogP contribution is -2.55. The molecule has 0 radical (unpaired) electrons. The standard InChI is InChI=1S/C19H25N2/c1-21(2)15-13-20(14-16-21)19(17-9-5-3-6-10-17)18-11-7-4-8-12-18/h3-12,19H,13-16H2,1-2H3/q+1. The van der Waals surface area contributed by atoms with Crippen LogP contribution in [0.2, 0.25) is 0 Å². The summed E-state index contributed by atoms with van der Waals surface area (Å²) in [5.41, 5.74) is 2.80. The van der Waals surface area contributed by atoms with Crippen LogP contribution in [-0.4, -0.2) is 49.7 Å². The number of likely N-dealkylation sites (N-methyl/N-ethyl adjacent to an activating group) is 1. The van der Waals surface area contributed by atoms with E-state index in [2.05, 4.69) is 79.7 Å². The molecule has 0 bridgehead atoms. The SMILES string of the molecule is C[N+]1(C)CCN(C(c2ccccc2)c2ccccc2)CC1. The first-order valence-electron chi connectivity index (χ1n) is 7.82. The molecule has 0 aromatic heterocycles. The summed E-state index contributed by atoms with van der Waals surface area (Å²) >= 11 is 0. The second-order valence-electron chi connectivity index (χ2n) is 6.64. The highest BCUT2D eigenvalue weighted by molar-refractivity contribution is 5.31. The number of rotatable bonds is 3. The van der Waals surface area contributed by atoms with Crippen molar-refractivity contribution in [3.8, 4) is 0 Å². The van der Waals surface area contributed by atoms with E-state index >= 15 is 0 Å². The summed E-state index contributed by atoms with van der Waals surface area (Å²) in [6.07, 6.45) is 0. The molecule has 2 aromatic carbocycles. The Morgan fingerprint density at radius 3 is 1.62 bits per heavy atom. The van der Waals surface area contributed by atoms with Crippen molar-refractivity contribution in [2.24, 2.45) is 0 Å². The molecule has 0 spiro atoms. The van der Waals surface area contributed by atoms with E-state index in [-0.39, 0.29) is 0 Å². The average Bonchev–Trinajstić information content (AvgIpc) is 2.51. The van der Waals surface area contributed by atoms with Crippen LogP contribution >= 0.6 is 0 Å². The summed E-state index contributed by atoms with van der Waals surface area (Å²) in [4.78, 5) is 2.63. The first-order chi connectivity index (χ1) is 10.2. The maximum absolute atomic E-state index is 2.63. The summed E-state index contributed by atoms with van der Waals surface area (Å²) in [5, 5.41) is 0. The third kappa shape index (κ3) is 3.34. The molecule has 2 nitrogen and oxygen atoms in total. The van der Waals surface area contributed by atoms with Crippen LogP contribution in [0.5, 0.6) is 0 Å². The molecule has 0 amide bonds. The molecule has 1 aliphatic heterocycles. The van der Waals surface area contributed by atoms with Crippen molar-refractivity contribution >= 4 is 0 Å². The van der Waals surface area contributed by atoms with Crippen molar-refractivity contribution in [1.82, 2.24) is 4.90 Å². The van der Waals surface area contributed by atoms with E-state index in [1.54, 1.807) is 0 Å². The lowest BCUT2D eigenvalue weighted by atomic mass is 9.96. The van der Waals surface area contributed by atoms with Gasteiger partial charge in [0, 0.05) is 13.1 Å². The molecular weight excluding hydrogens is 256 g/mol. The average molecular weight is 281 g/mol. The Morgan fingerprint density at radius 2 is 1.19 bits per heavy atom. The molecule has 1 saturated heterocycles. The summed E-state index contributed by atoms with van der Waals surface area (Å²) in [7, 11) is 4.66. The molecule has 1 aliphatic rings. The first kappa shape index (κ1) is 14.3. The van der Waals surface area contributed by atoms with Gasteiger partial charge in [0.25, 0.3) is 0 Å². The molecule has 21 heavy (non-hydrogen) atoms. The van der Waals surface area contributed by atoms with Gasteiger partial charge in [-0.3, -0.25) is 4.90 Å². The zero-order chi connectivity index (χ0) is 14.7. The number of quaternary nitrogens is 1. The van der Waals surface area contributed by atoms with Gasteiger partial charge < -0.3 is 4.48 Å². The molecule has 0 aliphatic carbocycles. The van der Waals surface area contributed by atoms with Gasteiger partial charge in [-0.1, -0.05) is 60.7 Å². The molecule has 1 heterocycles. The van der Waals surface area contributed by atoms with Crippen LogP contribution in [0.3, 0.4) is 0 Å². The van der Waals surface area contributed by atoms with Gasteiger partial charge in [-0.05, 0) is 11.1 Å². The minimum absolute atomic E-state index is 0.382. The van der Waals surface area contributed by atoms with Crippen LogP contribution in [0, 0.1) is 0 Å². The van der Waals surface area contributed by atoms with Gasteiger partial charge in [-0.2, -0.15) is 0 Å². The Kier molecular flexibility index (Phi) is 4.09. The second kappa shape index (κ2) is 6.00. The van der Waals surface area contributed by atoms with E-state index in [1.807, 2.05) is 0 Å². The van der Waals surface area contributed by atoms with E-state index in [0.717, 1.165) is 17.6 Å². The fourth-order valence-electron chi connectivity index (χ4n) is 3.16. The Morgan fingerprint density at radius 1 is 0.762 bits per heavy atom. The van der Waals surface area contributed by atoms with Crippen molar-refractivity contribution in [3.63, 3.8) is 0 Å². The van der Waals surface area contributed by atoms with E-state index in [1.165, 1.54) is 24.2 Å². The normalized spacial score (nSPS) is 18.8. The largest absolute Gasteiger partial charge is 0.326 e.